The van der Waals surface area contributed by atoms with Crippen LogP contribution in [-0.4, -0.2) is 0 Å². The second-order valence-corrected chi connectivity index (χ2v) is 5.06. The van der Waals surface area contributed by atoms with Gasteiger partial charge in [-0.15, -0.1) is 0 Å². The second-order valence-electron chi connectivity index (χ2n) is 5.06. The molecule has 0 spiro atoms. The average molecular weight is 242 g/mol. The second kappa shape index (κ2) is 5.61. The van der Waals surface area contributed by atoms with Crippen LogP contribution in [0.2, 0.25) is 0 Å². The molecule has 1 aromatic rings. The van der Waals surface area contributed by atoms with Crippen LogP contribution < -0.4 is 0 Å². The first-order valence-electron chi connectivity index (χ1n) is 6.04. The molecule has 2 rings (SSSR count). The zero-order valence-corrected chi connectivity index (χ0v) is 9.89. The van der Waals surface area contributed by atoms with Gasteiger partial charge in [0, 0.05) is 1.43 Å². The first-order valence-corrected chi connectivity index (χ1v) is 6.04. The van der Waals surface area contributed by atoms with Crippen LogP contribution in [0, 0.1) is 24.5 Å². The van der Waals surface area contributed by atoms with Gasteiger partial charge in [0.2, 0.25) is 0 Å². The Labute approximate surface area is 105 Å². The number of rotatable bonds is 1. The largest absolute Gasteiger partial charge is 0.203 e. The van der Waals surface area contributed by atoms with Crippen LogP contribution in [0.3, 0.4) is 0 Å². The average Bonchev–Trinajstić information content (AvgIpc) is 2.28. The molecule has 0 nitrogen and oxygen atoms in total. The lowest BCUT2D eigenvalue weighted by atomic mass is 9.79. The van der Waals surface area contributed by atoms with E-state index in [-0.39, 0.29) is 14.8 Å². The molecule has 0 saturated heterocycles. The Morgan fingerprint density at radius 1 is 1.06 bits per heavy atom. The zero-order chi connectivity index (χ0) is 11.7. The minimum Gasteiger partial charge on any atom is -0.203 e. The maximum atomic E-state index is 13.8. The standard InChI is InChI=1S/C14H18F2.CH4.H2/c1-9-3-6-11(7-4-9)12-8-5-10(2)13(15)14(12)16;;/h5,8-9,11H,3-4,6-7H2,1-2H3;1H4;1H. The third-order valence-electron chi connectivity index (χ3n) is 3.76. The van der Waals surface area contributed by atoms with Gasteiger partial charge in [-0.3, -0.25) is 0 Å². The van der Waals surface area contributed by atoms with Gasteiger partial charge in [0.05, 0.1) is 0 Å². The third-order valence-corrected chi connectivity index (χ3v) is 3.76. The number of aryl methyl sites for hydroxylation is 1. The lowest BCUT2D eigenvalue weighted by molar-refractivity contribution is 0.339. The summed E-state index contributed by atoms with van der Waals surface area (Å²) >= 11 is 0. The van der Waals surface area contributed by atoms with Gasteiger partial charge < -0.3 is 0 Å². The van der Waals surface area contributed by atoms with E-state index in [0.717, 1.165) is 31.6 Å². The van der Waals surface area contributed by atoms with Crippen LogP contribution in [-0.2, 0) is 0 Å². The fourth-order valence-corrected chi connectivity index (χ4v) is 2.55. The number of hydrogen-bond acceptors (Lipinski definition) is 0. The summed E-state index contributed by atoms with van der Waals surface area (Å²) in [7, 11) is 0. The van der Waals surface area contributed by atoms with E-state index in [9.17, 15) is 8.78 Å². The summed E-state index contributed by atoms with van der Waals surface area (Å²) in [5.41, 5.74) is 0.973. The Morgan fingerprint density at radius 2 is 1.65 bits per heavy atom. The maximum absolute atomic E-state index is 13.8. The Kier molecular flexibility index (Phi) is 4.67. The Morgan fingerprint density at radius 3 is 2.24 bits per heavy atom. The summed E-state index contributed by atoms with van der Waals surface area (Å²) in [6, 6.07) is 3.44. The monoisotopic (exact) mass is 242 g/mol. The minimum absolute atomic E-state index is 0. The van der Waals surface area contributed by atoms with Crippen molar-refractivity contribution in [1.29, 1.82) is 0 Å². The molecule has 1 fully saturated rings. The highest BCUT2D eigenvalue weighted by Gasteiger charge is 2.23. The zero-order valence-electron chi connectivity index (χ0n) is 9.89. The molecule has 0 atom stereocenters. The summed E-state index contributed by atoms with van der Waals surface area (Å²) in [5, 5.41) is 0. The van der Waals surface area contributed by atoms with Crippen molar-refractivity contribution in [3.05, 3.63) is 34.9 Å². The summed E-state index contributed by atoms with van der Waals surface area (Å²) in [6.07, 6.45) is 4.22. The smallest absolute Gasteiger partial charge is 0.162 e. The highest BCUT2D eigenvalue weighted by Crippen LogP contribution is 2.37. The van der Waals surface area contributed by atoms with Crippen LogP contribution in [0.15, 0.2) is 12.1 Å². The molecule has 0 radical (unpaired) electrons. The molecule has 0 aliphatic heterocycles. The van der Waals surface area contributed by atoms with Crippen molar-refractivity contribution < 1.29 is 10.2 Å². The SMILES string of the molecule is C.Cc1ccc(C2CCC(C)CC2)c(F)c1F.[HH]. The maximum Gasteiger partial charge on any atom is 0.162 e. The third kappa shape index (κ3) is 2.85. The van der Waals surface area contributed by atoms with Gasteiger partial charge >= 0.3 is 0 Å². The molecule has 1 aliphatic carbocycles. The molecule has 98 valence electrons. The first kappa shape index (κ1) is 14.1. The molecule has 1 aliphatic rings. The summed E-state index contributed by atoms with van der Waals surface area (Å²) in [5.74, 6) is -0.350. The van der Waals surface area contributed by atoms with E-state index in [4.69, 9.17) is 0 Å². The molecule has 0 heterocycles. The Bertz CT molecular complexity index is 382. The van der Waals surface area contributed by atoms with Gasteiger partial charge in [-0.05, 0) is 42.7 Å². The van der Waals surface area contributed by atoms with Gasteiger partial charge in [-0.1, -0.05) is 39.3 Å². The molecule has 0 bridgehead atoms. The molecule has 1 aromatic carbocycles. The molecular weight excluding hydrogens is 218 g/mol. The molecular formula is C15H24F2. The number of hydrogen-bond donors (Lipinski definition) is 0. The van der Waals surface area contributed by atoms with Crippen LogP contribution >= 0.6 is 0 Å². The van der Waals surface area contributed by atoms with E-state index in [0.29, 0.717) is 11.1 Å². The first-order chi connectivity index (χ1) is 7.59. The van der Waals surface area contributed by atoms with E-state index >= 15 is 0 Å². The summed E-state index contributed by atoms with van der Waals surface area (Å²) in [6.45, 7) is 3.83. The van der Waals surface area contributed by atoms with E-state index in [1.165, 1.54) is 0 Å². The van der Waals surface area contributed by atoms with Crippen molar-refractivity contribution in [3.63, 3.8) is 0 Å². The number of benzene rings is 1. The fraction of sp³-hybridized carbons (Fsp3) is 0.600. The molecule has 0 aromatic heterocycles. The van der Waals surface area contributed by atoms with Crippen LogP contribution in [0.5, 0.6) is 0 Å². The number of halogens is 2. The summed E-state index contributed by atoms with van der Waals surface area (Å²) < 4.78 is 27.2. The van der Waals surface area contributed by atoms with Crippen LogP contribution in [0.4, 0.5) is 8.78 Å². The predicted molar refractivity (Wildman–Crippen MR) is 70.3 cm³/mol. The molecule has 17 heavy (non-hydrogen) atoms. The molecule has 2 heteroatoms. The summed E-state index contributed by atoms with van der Waals surface area (Å²) in [4.78, 5) is 0. The van der Waals surface area contributed by atoms with Crippen molar-refractivity contribution in [2.24, 2.45) is 5.92 Å². The molecule has 1 saturated carbocycles. The van der Waals surface area contributed by atoms with Crippen molar-refractivity contribution in [1.82, 2.24) is 0 Å². The lowest BCUT2D eigenvalue weighted by Gasteiger charge is -2.26. The minimum atomic E-state index is -0.670. The highest BCUT2D eigenvalue weighted by atomic mass is 19.2. The van der Waals surface area contributed by atoms with Gasteiger partial charge in [-0.25, -0.2) is 8.78 Å². The molecule has 0 unspecified atom stereocenters. The van der Waals surface area contributed by atoms with Gasteiger partial charge in [0.1, 0.15) is 0 Å². The van der Waals surface area contributed by atoms with E-state index in [2.05, 4.69) is 6.92 Å². The lowest BCUT2D eigenvalue weighted by Crippen LogP contribution is -2.13. The Hall–Kier alpha value is -0.920. The van der Waals surface area contributed by atoms with Gasteiger partial charge in [0.25, 0.3) is 0 Å². The molecule has 0 amide bonds. The Balaban J connectivity index is 0.00000144. The van der Waals surface area contributed by atoms with E-state index in [1.54, 1.807) is 19.1 Å². The predicted octanol–water partition coefficient (Wildman–Crippen LogP) is 5.45. The fourth-order valence-electron chi connectivity index (χ4n) is 2.55. The van der Waals surface area contributed by atoms with Gasteiger partial charge in [-0.2, -0.15) is 0 Å². The quantitative estimate of drug-likeness (QED) is 0.614. The molecule has 0 N–H and O–H groups in total. The van der Waals surface area contributed by atoms with Crippen LogP contribution in [0.1, 0.15) is 58.5 Å². The normalized spacial score (nSPS) is 24.2. The topological polar surface area (TPSA) is 0 Å². The van der Waals surface area contributed by atoms with Crippen molar-refractivity contribution in [2.75, 3.05) is 0 Å². The van der Waals surface area contributed by atoms with Crippen molar-refractivity contribution in [2.45, 2.75) is 52.9 Å². The van der Waals surface area contributed by atoms with Gasteiger partial charge in [0.15, 0.2) is 11.6 Å². The highest BCUT2D eigenvalue weighted by molar-refractivity contribution is 5.28. The van der Waals surface area contributed by atoms with E-state index < -0.39 is 11.6 Å². The van der Waals surface area contributed by atoms with Crippen LogP contribution in [0.25, 0.3) is 0 Å². The van der Waals surface area contributed by atoms with Crippen molar-refractivity contribution >= 4 is 0 Å². The van der Waals surface area contributed by atoms with Crippen molar-refractivity contribution in [3.8, 4) is 0 Å². The van der Waals surface area contributed by atoms with E-state index in [1.807, 2.05) is 0 Å².